The van der Waals surface area contributed by atoms with E-state index in [-0.39, 0.29) is 6.61 Å². The van der Waals surface area contributed by atoms with E-state index in [4.69, 9.17) is 11.6 Å². The number of aromatic nitrogens is 10. The molecular formula is C36H34ClN10O+. The molecule has 0 radical (unpaired) electrons. The largest absolute Gasteiger partial charge is 0.388 e. The van der Waals surface area contributed by atoms with Gasteiger partial charge in [0.2, 0.25) is 16.8 Å². The summed E-state index contributed by atoms with van der Waals surface area (Å²) in [6.45, 7) is 3.19. The molecule has 0 fully saturated rings. The van der Waals surface area contributed by atoms with Gasteiger partial charge in [0, 0.05) is 17.5 Å². The van der Waals surface area contributed by atoms with Crippen LogP contribution < -0.4 is 4.57 Å². The fraction of sp³-hybridized carbons (Fsp3) is 0.194. The van der Waals surface area contributed by atoms with Gasteiger partial charge in [0.25, 0.3) is 5.82 Å². The van der Waals surface area contributed by atoms with Crippen LogP contribution in [0, 0.1) is 0 Å². The Labute approximate surface area is 282 Å². The van der Waals surface area contributed by atoms with Crippen LogP contribution in [0.1, 0.15) is 42.4 Å². The topological polar surface area (TPSA) is 138 Å². The van der Waals surface area contributed by atoms with Crippen molar-refractivity contribution in [3.63, 3.8) is 0 Å². The maximum absolute atomic E-state index is 10.5. The average Bonchev–Trinajstić information content (AvgIpc) is 3.91. The third kappa shape index (κ3) is 6.25. The lowest BCUT2D eigenvalue weighted by Gasteiger charge is -2.10. The maximum Gasteiger partial charge on any atom is 0.258 e. The van der Waals surface area contributed by atoms with E-state index in [0.29, 0.717) is 35.6 Å². The molecule has 3 aromatic heterocycles. The number of nitrogens with zero attached hydrogens (tertiary/aromatic N) is 8. The van der Waals surface area contributed by atoms with Gasteiger partial charge in [-0.3, -0.25) is 0 Å². The molecule has 0 spiro atoms. The zero-order valence-electron chi connectivity index (χ0n) is 26.4. The Hall–Kier alpha value is -5.52. The first-order chi connectivity index (χ1) is 23.6. The van der Waals surface area contributed by atoms with Crippen molar-refractivity contribution >= 4 is 11.6 Å². The average molecular weight is 658 g/mol. The Balaban J connectivity index is 1.17. The molecule has 0 amide bonds. The van der Waals surface area contributed by atoms with E-state index >= 15 is 0 Å². The molecule has 0 atom stereocenters. The quantitative estimate of drug-likeness (QED) is 0.136. The van der Waals surface area contributed by atoms with Crippen molar-refractivity contribution in [2.45, 2.75) is 45.9 Å². The van der Waals surface area contributed by atoms with Crippen molar-refractivity contribution in [2.75, 3.05) is 0 Å². The molecule has 0 bridgehead atoms. The molecule has 4 aromatic carbocycles. The molecule has 7 aromatic rings. The monoisotopic (exact) mass is 657 g/mol. The molecule has 48 heavy (non-hydrogen) atoms. The fourth-order valence-corrected chi connectivity index (χ4v) is 6.46. The Bertz CT molecular complexity index is 2110. The van der Waals surface area contributed by atoms with Gasteiger partial charge in [-0.25, -0.2) is 9.13 Å². The molecule has 3 N–H and O–H groups in total. The smallest absolute Gasteiger partial charge is 0.258 e. The summed E-state index contributed by atoms with van der Waals surface area (Å²) in [6, 6.07) is 33.0. The summed E-state index contributed by atoms with van der Waals surface area (Å²) in [4.78, 5) is 0. The minimum atomic E-state index is -0.160. The van der Waals surface area contributed by atoms with Crippen molar-refractivity contribution in [3.8, 4) is 45.0 Å². The molecule has 12 heteroatoms. The minimum Gasteiger partial charge on any atom is -0.388 e. The van der Waals surface area contributed by atoms with E-state index in [1.807, 2.05) is 36.4 Å². The van der Waals surface area contributed by atoms with Crippen molar-refractivity contribution < 1.29 is 9.67 Å². The van der Waals surface area contributed by atoms with Crippen LogP contribution in [-0.4, -0.2) is 50.9 Å². The van der Waals surface area contributed by atoms with Gasteiger partial charge in [-0.05, 0) is 61.8 Å². The van der Waals surface area contributed by atoms with E-state index in [0.717, 1.165) is 69.6 Å². The lowest BCUT2D eigenvalue weighted by atomic mass is 9.98. The molecule has 11 nitrogen and oxygen atoms in total. The van der Waals surface area contributed by atoms with Crippen LogP contribution in [-0.2, 0) is 26.1 Å². The first-order valence-corrected chi connectivity index (χ1v) is 16.3. The van der Waals surface area contributed by atoms with E-state index in [9.17, 15) is 5.11 Å². The van der Waals surface area contributed by atoms with E-state index < -0.39 is 0 Å². The Morgan fingerprint density at radius 2 is 1.23 bits per heavy atom. The zero-order chi connectivity index (χ0) is 32.9. The Kier molecular flexibility index (Phi) is 9.12. The third-order valence-corrected chi connectivity index (χ3v) is 8.99. The summed E-state index contributed by atoms with van der Waals surface area (Å²) < 4.78 is 4.32. The molecule has 7 rings (SSSR count). The van der Waals surface area contributed by atoms with E-state index in [1.54, 1.807) is 0 Å². The predicted octanol–water partition coefficient (Wildman–Crippen LogP) is 6.05. The summed E-state index contributed by atoms with van der Waals surface area (Å²) in [6.07, 6.45) is 2.88. The van der Waals surface area contributed by atoms with Crippen molar-refractivity contribution in [2.24, 2.45) is 0 Å². The number of unbranched alkanes of at least 4 members (excludes halogenated alkanes) is 1. The number of aliphatic hydroxyl groups excluding tert-OH is 1. The lowest BCUT2D eigenvalue weighted by molar-refractivity contribution is -0.693. The third-order valence-electron chi connectivity index (χ3n) is 8.57. The highest BCUT2D eigenvalue weighted by molar-refractivity contribution is 6.29. The van der Waals surface area contributed by atoms with Crippen molar-refractivity contribution in [1.29, 1.82) is 0 Å². The lowest BCUT2D eigenvalue weighted by Crippen LogP contribution is -2.39. The number of benzene rings is 4. The molecule has 0 aliphatic rings. The van der Waals surface area contributed by atoms with Gasteiger partial charge < -0.3 is 5.11 Å². The number of H-pyrrole nitrogens is 2. The van der Waals surface area contributed by atoms with Crippen LogP contribution >= 0.6 is 11.6 Å². The fourth-order valence-electron chi connectivity index (χ4n) is 6.14. The minimum absolute atomic E-state index is 0.160. The summed E-state index contributed by atoms with van der Waals surface area (Å²) in [5.74, 6) is 2.19. The van der Waals surface area contributed by atoms with Gasteiger partial charge in [-0.15, -0.1) is 20.4 Å². The second-order valence-electron chi connectivity index (χ2n) is 11.5. The number of aliphatic hydroxyl groups is 1. The second-order valence-corrected chi connectivity index (χ2v) is 11.9. The number of hydrogen-bond donors (Lipinski definition) is 3. The number of hydrogen-bond acceptors (Lipinski definition) is 7. The summed E-state index contributed by atoms with van der Waals surface area (Å²) >= 11 is 7.05. The summed E-state index contributed by atoms with van der Waals surface area (Å²) in [5, 5.41) is 40.3. The number of imidazole rings is 1. The molecule has 240 valence electrons. The first-order valence-electron chi connectivity index (χ1n) is 15.9. The van der Waals surface area contributed by atoms with Crippen LogP contribution in [0.5, 0.6) is 0 Å². The van der Waals surface area contributed by atoms with Crippen molar-refractivity contribution in [3.05, 3.63) is 125 Å². The molecule has 0 aliphatic carbocycles. The molecule has 0 unspecified atom stereocenters. The van der Waals surface area contributed by atoms with Gasteiger partial charge in [0.15, 0.2) is 5.69 Å². The van der Waals surface area contributed by atoms with Gasteiger partial charge in [-0.1, -0.05) is 110 Å². The van der Waals surface area contributed by atoms with Gasteiger partial charge in [0.05, 0.1) is 0 Å². The highest BCUT2D eigenvalue weighted by atomic mass is 35.5. The van der Waals surface area contributed by atoms with Crippen LogP contribution in [0.4, 0.5) is 0 Å². The highest BCUT2D eigenvalue weighted by Crippen LogP contribution is 2.31. The SMILES string of the molecule is CCCCc1n(Cc2ccc(-c3ccccc3-c3nn[nH]n3)cc2)c(CO)c(Cl)[n+]1Cc1ccc(-c2ccccc2-c2nn[nH]n2)cc1. The molecular weight excluding hydrogens is 624 g/mol. The van der Waals surface area contributed by atoms with Gasteiger partial charge in [0.1, 0.15) is 19.7 Å². The number of tetrazole rings is 2. The van der Waals surface area contributed by atoms with Gasteiger partial charge >= 0.3 is 0 Å². The maximum atomic E-state index is 10.5. The molecule has 0 aliphatic heterocycles. The van der Waals surface area contributed by atoms with Crippen LogP contribution in [0.3, 0.4) is 0 Å². The standard InChI is InChI=1S/C36H34ClN10O/c1-2-3-12-33-46(21-24-13-17-26(18-14-24)28-8-4-6-10-30(28)35-38-42-43-39-35)32(23-48)34(37)47(33)22-25-15-19-27(20-16-25)29-9-5-7-11-31(29)36-40-44-45-41-36/h4-11,13-20,48H,2-3,12,21-23H2,1H3,(H,38,39,42,43)(H,40,41,44,45)/q+1. The van der Waals surface area contributed by atoms with Crippen LogP contribution in [0.25, 0.3) is 45.0 Å². The molecule has 3 heterocycles. The second kappa shape index (κ2) is 14.1. The first kappa shape index (κ1) is 31.1. The van der Waals surface area contributed by atoms with E-state index in [1.165, 1.54) is 0 Å². The molecule has 0 saturated heterocycles. The number of rotatable bonds is 12. The summed E-state index contributed by atoms with van der Waals surface area (Å²) in [5.41, 5.74) is 8.89. The van der Waals surface area contributed by atoms with Crippen LogP contribution in [0.15, 0.2) is 97.1 Å². The normalized spacial score (nSPS) is 11.3. The van der Waals surface area contributed by atoms with Crippen LogP contribution in [0.2, 0.25) is 5.15 Å². The van der Waals surface area contributed by atoms with Gasteiger partial charge in [-0.2, -0.15) is 10.4 Å². The zero-order valence-corrected chi connectivity index (χ0v) is 27.1. The summed E-state index contributed by atoms with van der Waals surface area (Å²) in [7, 11) is 0. The highest BCUT2D eigenvalue weighted by Gasteiger charge is 2.29. The molecule has 0 saturated carbocycles. The van der Waals surface area contributed by atoms with E-state index in [2.05, 4.69) is 118 Å². The number of halogens is 1. The number of aromatic amines is 2. The van der Waals surface area contributed by atoms with Crippen molar-refractivity contribution in [1.82, 2.24) is 45.8 Å². The number of nitrogens with one attached hydrogen (secondary N) is 2. The Morgan fingerprint density at radius 1 is 0.708 bits per heavy atom. The Morgan fingerprint density at radius 3 is 1.71 bits per heavy atom. The predicted molar refractivity (Wildman–Crippen MR) is 182 cm³/mol.